The lowest BCUT2D eigenvalue weighted by atomic mass is 9.90. The summed E-state index contributed by atoms with van der Waals surface area (Å²) in [5, 5.41) is 27.3. The van der Waals surface area contributed by atoms with Gasteiger partial charge in [0.25, 0.3) is 0 Å². The summed E-state index contributed by atoms with van der Waals surface area (Å²) >= 11 is 0. The quantitative estimate of drug-likeness (QED) is 0.367. The second-order valence-corrected chi connectivity index (χ2v) is 8.83. The molecule has 0 spiro atoms. The predicted molar refractivity (Wildman–Crippen MR) is 140 cm³/mol. The van der Waals surface area contributed by atoms with Gasteiger partial charge in [-0.15, -0.1) is 0 Å². The maximum Gasteiger partial charge on any atom is 0.325 e. The first-order chi connectivity index (χ1) is 17.4. The van der Waals surface area contributed by atoms with Gasteiger partial charge in [-0.25, -0.2) is 14.6 Å². The van der Waals surface area contributed by atoms with Crippen molar-refractivity contribution in [3.8, 4) is 6.07 Å². The van der Waals surface area contributed by atoms with Crippen molar-refractivity contribution < 1.29 is 9.59 Å². The van der Waals surface area contributed by atoms with E-state index in [4.69, 9.17) is 5.41 Å². The number of urea groups is 1. The van der Waals surface area contributed by atoms with Gasteiger partial charge in [-0.1, -0.05) is 13.3 Å². The van der Waals surface area contributed by atoms with Gasteiger partial charge in [-0.3, -0.25) is 9.88 Å². The van der Waals surface area contributed by atoms with Gasteiger partial charge >= 0.3 is 12.1 Å². The van der Waals surface area contributed by atoms with Crippen LogP contribution in [0.25, 0.3) is 10.9 Å². The number of anilines is 3. The van der Waals surface area contributed by atoms with Crippen LogP contribution in [-0.2, 0) is 0 Å². The number of hydrogen-bond donors (Lipinski definition) is 4. The fourth-order valence-corrected chi connectivity index (χ4v) is 4.48. The summed E-state index contributed by atoms with van der Waals surface area (Å²) in [7, 11) is 1.58. The molecule has 4 N–H and O–H groups in total. The van der Waals surface area contributed by atoms with Crippen LogP contribution in [0.2, 0.25) is 0 Å². The molecular weight excluding hydrogens is 456 g/mol. The number of benzene rings is 1. The monoisotopic (exact) mass is 486 g/mol. The molecule has 1 aliphatic heterocycles. The molecule has 0 radical (unpaired) electrons. The summed E-state index contributed by atoms with van der Waals surface area (Å²) in [6.45, 7) is 3.27. The summed E-state index contributed by atoms with van der Waals surface area (Å²) in [5.74, 6) is 0.595. The molecule has 3 heterocycles. The highest BCUT2D eigenvalue weighted by Crippen LogP contribution is 2.27. The van der Waals surface area contributed by atoms with E-state index in [9.17, 15) is 14.9 Å². The van der Waals surface area contributed by atoms with Crippen LogP contribution in [0.1, 0.15) is 38.2 Å². The second kappa shape index (κ2) is 10.9. The second-order valence-electron chi connectivity index (χ2n) is 8.83. The highest BCUT2D eigenvalue weighted by atomic mass is 16.2. The molecule has 1 aliphatic rings. The predicted octanol–water partition coefficient (Wildman–Crippen LogP) is 4.90. The molecule has 0 saturated carbocycles. The lowest BCUT2D eigenvalue weighted by Crippen LogP contribution is -2.42. The molecule has 2 aromatic heterocycles. The number of likely N-dealkylation sites (tertiary alicyclic amines) is 1. The fourth-order valence-electron chi connectivity index (χ4n) is 4.48. The zero-order valence-corrected chi connectivity index (χ0v) is 20.5. The average Bonchev–Trinajstić information content (AvgIpc) is 3.32. The van der Waals surface area contributed by atoms with Gasteiger partial charge in [0.05, 0.1) is 16.8 Å². The highest BCUT2D eigenvalue weighted by Gasteiger charge is 2.25. The fraction of sp³-hybridized carbons (Fsp3) is 0.346. The van der Waals surface area contributed by atoms with E-state index >= 15 is 0 Å². The van der Waals surface area contributed by atoms with E-state index in [0.29, 0.717) is 30.2 Å². The SMILES string of the molecule is CCCC(=N)C1CCN(C(=O)Nc2cc(Nc3ccc4c(ccn4C(=O)NC)c3)c(C#N)cn2)CC1. The van der Waals surface area contributed by atoms with Crippen LogP contribution in [-0.4, -0.2) is 52.4 Å². The number of nitrogens with zero attached hydrogens (tertiary/aromatic N) is 4. The van der Waals surface area contributed by atoms with Crippen molar-refractivity contribution in [2.75, 3.05) is 30.8 Å². The molecule has 36 heavy (non-hydrogen) atoms. The van der Waals surface area contributed by atoms with Crippen LogP contribution in [0.15, 0.2) is 42.7 Å². The van der Waals surface area contributed by atoms with Crippen LogP contribution in [0.3, 0.4) is 0 Å². The van der Waals surface area contributed by atoms with Gasteiger partial charge in [-0.2, -0.15) is 5.26 Å². The van der Waals surface area contributed by atoms with E-state index in [1.54, 1.807) is 24.2 Å². The number of nitriles is 1. The molecule has 1 aromatic carbocycles. The molecule has 3 aromatic rings. The van der Waals surface area contributed by atoms with Gasteiger partial charge in [0.15, 0.2) is 0 Å². The topological polar surface area (TPSA) is 139 Å². The number of nitrogens with one attached hydrogen (secondary N) is 4. The zero-order chi connectivity index (χ0) is 25.7. The van der Waals surface area contributed by atoms with E-state index in [1.807, 2.05) is 24.3 Å². The summed E-state index contributed by atoms with van der Waals surface area (Å²) in [6.07, 6.45) is 6.50. The third-order valence-electron chi connectivity index (χ3n) is 6.46. The number of hydrogen-bond acceptors (Lipinski definition) is 6. The van der Waals surface area contributed by atoms with E-state index in [0.717, 1.165) is 48.0 Å². The summed E-state index contributed by atoms with van der Waals surface area (Å²) in [5.41, 5.74) is 3.13. The number of amides is 3. The van der Waals surface area contributed by atoms with Crippen molar-refractivity contribution in [1.29, 1.82) is 10.7 Å². The minimum Gasteiger partial charge on any atom is -0.354 e. The number of aromatic nitrogens is 2. The largest absolute Gasteiger partial charge is 0.354 e. The molecule has 0 bridgehead atoms. The molecule has 0 unspecified atom stereocenters. The average molecular weight is 487 g/mol. The van der Waals surface area contributed by atoms with Crippen molar-refractivity contribution in [2.45, 2.75) is 32.6 Å². The van der Waals surface area contributed by atoms with Crippen molar-refractivity contribution in [2.24, 2.45) is 5.92 Å². The normalized spacial score (nSPS) is 13.8. The number of rotatable bonds is 6. The Morgan fingerprint density at radius 2 is 1.97 bits per heavy atom. The van der Waals surface area contributed by atoms with Crippen molar-refractivity contribution in [3.63, 3.8) is 0 Å². The Hall–Kier alpha value is -4.39. The minimum absolute atomic E-state index is 0.226. The molecule has 0 aliphatic carbocycles. The Labute approximate surface area is 209 Å². The Kier molecular flexibility index (Phi) is 7.49. The summed E-state index contributed by atoms with van der Waals surface area (Å²) < 4.78 is 1.52. The Bertz CT molecular complexity index is 1330. The van der Waals surface area contributed by atoms with E-state index in [-0.39, 0.29) is 18.0 Å². The summed E-state index contributed by atoms with van der Waals surface area (Å²) in [6, 6.07) is 10.7. The minimum atomic E-state index is -0.240. The number of carbonyl (C=O) groups excluding carboxylic acids is 2. The first-order valence-corrected chi connectivity index (χ1v) is 12.1. The van der Waals surface area contributed by atoms with Crippen LogP contribution in [0.4, 0.5) is 26.8 Å². The molecule has 1 saturated heterocycles. The Balaban J connectivity index is 1.45. The van der Waals surface area contributed by atoms with Crippen LogP contribution >= 0.6 is 0 Å². The molecule has 10 nitrogen and oxygen atoms in total. The first-order valence-electron chi connectivity index (χ1n) is 12.1. The van der Waals surface area contributed by atoms with Crippen LogP contribution in [0, 0.1) is 22.7 Å². The van der Waals surface area contributed by atoms with Gasteiger partial charge in [0.2, 0.25) is 0 Å². The third-order valence-corrected chi connectivity index (χ3v) is 6.46. The maximum atomic E-state index is 12.8. The van der Waals surface area contributed by atoms with Crippen molar-refractivity contribution >= 4 is 45.9 Å². The van der Waals surface area contributed by atoms with Gasteiger partial charge in [-0.05, 0) is 49.4 Å². The maximum absolute atomic E-state index is 12.8. The molecule has 3 amide bonds. The number of fused-ring (bicyclic) bond motifs is 1. The van der Waals surface area contributed by atoms with Crippen molar-refractivity contribution in [1.82, 2.24) is 19.8 Å². The molecular formula is C26H30N8O2. The highest BCUT2D eigenvalue weighted by molar-refractivity contribution is 5.94. The number of pyridine rings is 1. The van der Waals surface area contributed by atoms with Gasteiger partial charge in [0, 0.05) is 55.4 Å². The molecule has 1 fully saturated rings. The van der Waals surface area contributed by atoms with Crippen LogP contribution < -0.4 is 16.0 Å². The van der Waals surface area contributed by atoms with E-state index in [1.165, 1.54) is 10.8 Å². The molecule has 186 valence electrons. The zero-order valence-electron chi connectivity index (χ0n) is 20.5. The number of carbonyl (C=O) groups is 2. The molecule has 0 atom stereocenters. The lowest BCUT2D eigenvalue weighted by molar-refractivity contribution is 0.193. The standard InChI is InChI=1S/C26H30N8O2/c1-3-4-21(28)17-7-10-33(11-8-17)26(36)32-24-14-22(19(15-27)16-30-24)31-20-5-6-23-18(13-20)9-12-34(23)25(35)29-2/h5-6,9,12-14,16-17,28H,3-4,7-8,10-11H2,1-2H3,(H,29,35)(H2,30,31,32,36). The summed E-state index contributed by atoms with van der Waals surface area (Å²) in [4.78, 5) is 30.8. The first kappa shape index (κ1) is 24.7. The van der Waals surface area contributed by atoms with E-state index < -0.39 is 0 Å². The molecule has 4 rings (SSSR count). The van der Waals surface area contributed by atoms with Gasteiger partial charge in [0.1, 0.15) is 11.9 Å². The lowest BCUT2D eigenvalue weighted by Gasteiger charge is -2.32. The molecule has 10 heteroatoms. The smallest absolute Gasteiger partial charge is 0.325 e. The van der Waals surface area contributed by atoms with Gasteiger partial charge < -0.3 is 20.9 Å². The van der Waals surface area contributed by atoms with E-state index in [2.05, 4.69) is 33.9 Å². The Morgan fingerprint density at radius 1 is 1.19 bits per heavy atom. The van der Waals surface area contributed by atoms with Crippen molar-refractivity contribution in [3.05, 3.63) is 48.3 Å². The van der Waals surface area contributed by atoms with Crippen LogP contribution in [0.5, 0.6) is 0 Å². The Morgan fingerprint density at radius 3 is 2.67 bits per heavy atom. The third kappa shape index (κ3) is 5.30. The number of piperidine rings is 1.